The van der Waals surface area contributed by atoms with Crippen LogP contribution in [0.1, 0.15) is 24.8 Å². The average Bonchev–Trinajstić information content (AvgIpc) is 2.88. The summed E-state index contributed by atoms with van der Waals surface area (Å²) >= 11 is 0. The lowest BCUT2D eigenvalue weighted by atomic mass is 10.0. The molecule has 3 rings (SSSR count). The molecule has 0 spiro atoms. The van der Waals surface area contributed by atoms with Crippen LogP contribution in [0.3, 0.4) is 0 Å². The fraction of sp³-hybridized carbons (Fsp3) is 0.385. The zero-order valence-corrected chi connectivity index (χ0v) is 9.71. The minimum Gasteiger partial charge on any atom is -0.325 e. The second kappa shape index (κ2) is 3.96. The van der Waals surface area contributed by atoms with E-state index in [1.807, 2.05) is 16.9 Å². The Morgan fingerprint density at radius 2 is 2.12 bits per heavy atom. The third-order valence-corrected chi connectivity index (χ3v) is 3.45. The van der Waals surface area contributed by atoms with Crippen LogP contribution < -0.4 is 5.73 Å². The van der Waals surface area contributed by atoms with Crippen molar-refractivity contribution in [3.8, 4) is 5.69 Å². The Morgan fingerprint density at radius 1 is 1.29 bits per heavy atom. The normalized spacial score (nSPS) is 17.0. The second-order valence-electron chi connectivity index (χ2n) is 4.84. The van der Waals surface area contributed by atoms with Gasteiger partial charge in [-0.2, -0.15) is 0 Å². The van der Waals surface area contributed by atoms with E-state index in [2.05, 4.69) is 28.5 Å². The first kappa shape index (κ1) is 10.5. The second-order valence-corrected chi connectivity index (χ2v) is 4.84. The predicted octanol–water partition coefficient (Wildman–Crippen LogP) is 1.69. The third-order valence-electron chi connectivity index (χ3n) is 3.45. The average molecular weight is 228 g/mol. The summed E-state index contributed by atoms with van der Waals surface area (Å²) in [5.41, 5.74) is 8.63. The van der Waals surface area contributed by atoms with Gasteiger partial charge in [0.2, 0.25) is 0 Å². The van der Waals surface area contributed by atoms with E-state index in [1.165, 1.54) is 18.4 Å². The molecular formula is C13H16N4. The predicted molar refractivity (Wildman–Crippen MR) is 65.8 cm³/mol. The molecule has 1 saturated carbocycles. The Labute approximate surface area is 100 Å². The van der Waals surface area contributed by atoms with Gasteiger partial charge < -0.3 is 5.73 Å². The van der Waals surface area contributed by atoms with Crippen molar-refractivity contribution in [2.45, 2.75) is 31.2 Å². The summed E-state index contributed by atoms with van der Waals surface area (Å²) in [4.78, 5) is 0. The van der Waals surface area contributed by atoms with Gasteiger partial charge in [0.25, 0.3) is 0 Å². The number of aromatic nitrogens is 3. The lowest BCUT2D eigenvalue weighted by molar-refractivity contribution is 0.606. The van der Waals surface area contributed by atoms with Crippen LogP contribution in [0.5, 0.6) is 0 Å². The largest absolute Gasteiger partial charge is 0.325 e. The van der Waals surface area contributed by atoms with Crippen molar-refractivity contribution in [2.24, 2.45) is 5.73 Å². The summed E-state index contributed by atoms with van der Waals surface area (Å²) in [5.74, 6) is 0. The SMILES string of the molecule is NC1(CCc2ccccc2-n2ccnn2)CC1. The number of para-hydroxylation sites is 1. The standard InChI is InChI=1S/C13H16N4/c14-13(7-8-13)6-5-11-3-1-2-4-12(11)17-10-9-15-16-17/h1-4,9-10H,5-8,14H2. The monoisotopic (exact) mass is 228 g/mol. The van der Waals surface area contributed by atoms with E-state index in [0.717, 1.165) is 18.5 Å². The Balaban J connectivity index is 1.83. The van der Waals surface area contributed by atoms with Crippen molar-refractivity contribution >= 4 is 0 Å². The highest BCUT2D eigenvalue weighted by molar-refractivity contribution is 5.40. The smallest absolute Gasteiger partial charge is 0.0697 e. The summed E-state index contributed by atoms with van der Waals surface area (Å²) < 4.78 is 1.81. The molecule has 17 heavy (non-hydrogen) atoms. The van der Waals surface area contributed by atoms with Gasteiger partial charge in [-0.25, -0.2) is 4.68 Å². The van der Waals surface area contributed by atoms with Crippen LogP contribution in [0.25, 0.3) is 5.69 Å². The molecule has 1 aromatic carbocycles. The maximum Gasteiger partial charge on any atom is 0.0697 e. The van der Waals surface area contributed by atoms with Gasteiger partial charge in [0, 0.05) is 5.54 Å². The van der Waals surface area contributed by atoms with Crippen LogP contribution >= 0.6 is 0 Å². The van der Waals surface area contributed by atoms with E-state index >= 15 is 0 Å². The number of hydrogen-bond acceptors (Lipinski definition) is 3. The molecule has 1 fully saturated rings. The number of rotatable bonds is 4. The van der Waals surface area contributed by atoms with E-state index in [1.54, 1.807) is 6.20 Å². The van der Waals surface area contributed by atoms with Gasteiger partial charge in [0.1, 0.15) is 0 Å². The molecule has 2 aromatic rings. The van der Waals surface area contributed by atoms with Crippen LogP contribution in [0.4, 0.5) is 0 Å². The summed E-state index contributed by atoms with van der Waals surface area (Å²) in [6, 6.07) is 8.30. The Kier molecular flexibility index (Phi) is 2.44. The summed E-state index contributed by atoms with van der Waals surface area (Å²) in [5, 5.41) is 7.89. The molecule has 4 heteroatoms. The summed E-state index contributed by atoms with van der Waals surface area (Å²) in [6.07, 6.45) is 7.96. The number of aryl methyl sites for hydroxylation is 1. The van der Waals surface area contributed by atoms with E-state index in [0.29, 0.717) is 0 Å². The molecule has 0 aliphatic heterocycles. The molecule has 0 bridgehead atoms. The van der Waals surface area contributed by atoms with Crippen LogP contribution in [0, 0.1) is 0 Å². The first-order valence-corrected chi connectivity index (χ1v) is 6.00. The maximum absolute atomic E-state index is 6.13. The van der Waals surface area contributed by atoms with Gasteiger partial charge in [0.05, 0.1) is 18.1 Å². The fourth-order valence-electron chi connectivity index (χ4n) is 2.08. The van der Waals surface area contributed by atoms with E-state index in [-0.39, 0.29) is 5.54 Å². The first-order chi connectivity index (χ1) is 8.27. The zero-order valence-electron chi connectivity index (χ0n) is 9.71. The van der Waals surface area contributed by atoms with Gasteiger partial charge in [0.15, 0.2) is 0 Å². The molecule has 0 unspecified atom stereocenters. The molecule has 1 aliphatic carbocycles. The zero-order chi connectivity index (χ0) is 11.7. The van der Waals surface area contributed by atoms with Crippen LogP contribution in [-0.2, 0) is 6.42 Å². The van der Waals surface area contributed by atoms with Crippen LogP contribution in [0.15, 0.2) is 36.7 Å². The Hall–Kier alpha value is -1.68. The van der Waals surface area contributed by atoms with Gasteiger partial charge in [-0.15, -0.1) is 5.10 Å². The molecule has 0 amide bonds. The molecule has 1 heterocycles. The minimum atomic E-state index is 0.107. The third kappa shape index (κ3) is 2.22. The van der Waals surface area contributed by atoms with Gasteiger partial charge in [-0.1, -0.05) is 23.4 Å². The number of benzene rings is 1. The highest BCUT2D eigenvalue weighted by Crippen LogP contribution is 2.36. The van der Waals surface area contributed by atoms with Crippen LogP contribution in [-0.4, -0.2) is 20.5 Å². The summed E-state index contributed by atoms with van der Waals surface area (Å²) in [6.45, 7) is 0. The lowest BCUT2D eigenvalue weighted by Gasteiger charge is -2.11. The van der Waals surface area contributed by atoms with E-state index in [4.69, 9.17) is 5.73 Å². The molecule has 1 aromatic heterocycles. The van der Waals surface area contributed by atoms with E-state index < -0.39 is 0 Å². The van der Waals surface area contributed by atoms with Crippen molar-refractivity contribution in [3.05, 3.63) is 42.2 Å². The van der Waals surface area contributed by atoms with Gasteiger partial charge in [-0.3, -0.25) is 0 Å². The van der Waals surface area contributed by atoms with Crippen molar-refractivity contribution in [2.75, 3.05) is 0 Å². The molecule has 0 saturated heterocycles. The topological polar surface area (TPSA) is 56.7 Å². The number of nitrogens with zero attached hydrogens (tertiary/aromatic N) is 3. The first-order valence-electron chi connectivity index (χ1n) is 6.00. The summed E-state index contributed by atoms with van der Waals surface area (Å²) in [7, 11) is 0. The lowest BCUT2D eigenvalue weighted by Crippen LogP contribution is -2.22. The minimum absolute atomic E-state index is 0.107. The van der Waals surface area contributed by atoms with Crippen LogP contribution in [0.2, 0.25) is 0 Å². The van der Waals surface area contributed by atoms with Crippen molar-refractivity contribution in [3.63, 3.8) is 0 Å². The van der Waals surface area contributed by atoms with E-state index in [9.17, 15) is 0 Å². The quantitative estimate of drug-likeness (QED) is 0.866. The maximum atomic E-state index is 6.13. The Bertz CT molecular complexity index is 500. The number of nitrogens with two attached hydrogens (primary N) is 1. The molecule has 88 valence electrons. The van der Waals surface area contributed by atoms with Crippen molar-refractivity contribution < 1.29 is 0 Å². The van der Waals surface area contributed by atoms with Gasteiger partial charge >= 0.3 is 0 Å². The highest BCUT2D eigenvalue weighted by atomic mass is 15.4. The molecule has 0 radical (unpaired) electrons. The molecular weight excluding hydrogens is 212 g/mol. The van der Waals surface area contributed by atoms with Crippen molar-refractivity contribution in [1.82, 2.24) is 15.0 Å². The molecule has 1 aliphatic rings. The molecule has 4 nitrogen and oxygen atoms in total. The fourth-order valence-corrected chi connectivity index (χ4v) is 2.08. The number of hydrogen-bond donors (Lipinski definition) is 1. The molecule has 0 atom stereocenters. The van der Waals surface area contributed by atoms with Gasteiger partial charge in [-0.05, 0) is 37.3 Å². The Morgan fingerprint density at radius 3 is 2.82 bits per heavy atom. The highest BCUT2D eigenvalue weighted by Gasteiger charge is 2.37. The van der Waals surface area contributed by atoms with Crippen molar-refractivity contribution in [1.29, 1.82) is 0 Å². The molecule has 2 N–H and O–H groups in total.